The third-order valence-corrected chi connectivity index (χ3v) is 4.30. The molecule has 2 N–H and O–H groups in total. The van der Waals surface area contributed by atoms with Gasteiger partial charge in [-0.15, -0.1) is 0 Å². The van der Waals surface area contributed by atoms with E-state index in [2.05, 4.69) is 36.3 Å². The largest absolute Gasteiger partial charge is 0.396 e. The number of aliphatic hydroxyl groups excluding tert-OH is 1. The van der Waals surface area contributed by atoms with Gasteiger partial charge in [0.1, 0.15) is 12.1 Å². The van der Waals surface area contributed by atoms with Crippen LogP contribution >= 0.6 is 15.9 Å². The van der Waals surface area contributed by atoms with Crippen LogP contribution in [-0.2, 0) is 0 Å². The summed E-state index contributed by atoms with van der Waals surface area (Å²) in [4.78, 5) is 8.49. The summed E-state index contributed by atoms with van der Waals surface area (Å²) < 4.78 is 2.69. The van der Waals surface area contributed by atoms with Gasteiger partial charge in [-0.05, 0) is 24.6 Å². The van der Waals surface area contributed by atoms with Gasteiger partial charge in [-0.1, -0.05) is 35.0 Å². The van der Waals surface area contributed by atoms with Gasteiger partial charge < -0.3 is 10.4 Å². The van der Waals surface area contributed by atoms with Crippen LogP contribution < -0.4 is 5.32 Å². The summed E-state index contributed by atoms with van der Waals surface area (Å²) in [5, 5.41) is 17.3. The number of halogens is 1. The van der Waals surface area contributed by atoms with E-state index in [1.54, 1.807) is 4.52 Å². The van der Waals surface area contributed by atoms with Crippen molar-refractivity contribution in [3.8, 4) is 0 Å². The molecule has 7 heteroatoms. The summed E-state index contributed by atoms with van der Waals surface area (Å²) in [7, 11) is 0. The molecule has 0 saturated carbocycles. The summed E-state index contributed by atoms with van der Waals surface area (Å²) >= 11 is 3.45. The minimum Gasteiger partial charge on any atom is -0.396 e. The van der Waals surface area contributed by atoms with Gasteiger partial charge in [-0.3, -0.25) is 0 Å². The molecular weight excluding hydrogens is 358 g/mol. The number of fused-ring (bicyclic) bond motifs is 1. The maximum atomic E-state index is 9.63. The van der Waals surface area contributed by atoms with Crippen LogP contribution in [0.2, 0.25) is 0 Å². The Morgan fingerprint density at radius 3 is 2.74 bits per heavy atom. The summed E-state index contributed by atoms with van der Waals surface area (Å²) in [6, 6.07) is 9.95. The number of benzene rings is 1. The second-order valence-electron chi connectivity index (χ2n) is 5.59. The van der Waals surface area contributed by atoms with Gasteiger partial charge in [0.2, 0.25) is 0 Å². The molecule has 0 saturated heterocycles. The van der Waals surface area contributed by atoms with Crippen molar-refractivity contribution in [3.05, 3.63) is 52.4 Å². The fraction of sp³-hybridized carbons (Fsp3) is 0.312. The van der Waals surface area contributed by atoms with Crippen LogP contribution in [0.5, 0.6) is 0 Å². The molecule has 3 rings (SSSR count). The summed E-state index contributed by atoms with van der Waals surface area (Å²) in [6.07, 6.45) is 1.48. The molecule has 0 aliphatic rings. The van der Waals surface area contributed by atoms with Crippen LogP contribution in [0, 0.1) is 12.8 Å². The number of rotatable bonds is 5. The molecule has 0 bridgehead atoms. The maximum absolute atomic E-state index is 9.63. The molecule has 6 nitrogen and oxygen atoms in total. The molecule has 3 aromatic rings. The first-order valence-corrected chi connectivity index (χ1v) is 8.18. The molecule has 0 spiro atoms. The van der Waals surface area contributed by atoms with E-state index in [9.17, 15) is 5.11 Å². The highest BCUT2D eigenvalue weighted by Crippen LogP contribution is 2.28. The predicted molar refractivity (Wildman–Crippen MR) is 92.3 cm³/mol. The van der Waals surface area contributed by atoms with Crippen molar-refractivity contribution in [2.24, 2.45) is 5.92 Å². The first kappa shape index (κ1) is 15.9. The quantitative estimate of drug-likeness (QED) is 0.716. The van der Waals surface area contributed by atoms with Gasteiger partial charge in [-0.25, -0.2) is 4.98 Å². The van der Waals surface area contributed by atoms with E-state index in [0.29, 0.717) is 5.78 Å². The third kappa shape index (κ3) is 3.35. The van der Waals surface area contributed by atoms with Crippen molar-refractivity contribution >= 4 is 27.5 Å². The van der Waals surface area contributed by atoms with E-state index in [-0.39, 0.29) is 18.6 Å². The molecule has 0 aliphatic carbocycles. The molecule has 2 heterocycles. The van der Waals surface area contributed by atoms with E-state index in [1.165, 1.54) is 6.33 Å². The molecule has 1 aromatic carbocycles. The predicted octanol–water partition coefficient (Wildman–Crippen LogP) is 2.98. The Bertz CT molecular complexity index is 802. The van der Waals surface area contributed by atoms with Crippen molar-refractivity contribution in [1.29, 1.82) is 0 Å². The minimum atomic E-state index is -0.0534. The van der Waals surface area contributed by atoms with E-state index in [1.807, 2.05) is 44.2 Å². The highest BCUT2D eigenvalue weighted by Gasteiger charge is 2.20. The van der Waals surface area contributed by atoms with Gasteiger partial charge >= 0.3 is 0 Å². The van der Waals surface area contributed by atoms with Crippen molar-refractivity contribution < 1.29 is 5.11 Å². The summed E-state index contributed by atoms with van der Waals surface area (Å²) in [6.45, 7) is 4.01. The Balaban J connectivity index is 2.00. The Morgan fingerprint density at radius 1 is 1.30 bits per heavy atom. The molecule has 0 fully saturated rings. The van der Waals surface area contributed by atoms with Crippen LogP contribution in [0.3, 0.4) is 0 Å². The molecule has 2 aromatic heterocycles. The summed E-state index contributed by atoms with van der Waals surface area (Å²) in [5.74, 6) is 1.39. The number of aliphatic hydroxyl groups is 1. The number of nitrogens with zero attached hydrogens (tertiary/aromatic N) is 4. The Labute approximate surface area is 142 Å². The molecule has 23 heavy (non-hydrogen) atoms. The molecule has 2 unspecified atom stereocenters. The number of aryl methyl sites for hydroxylation is 1. The zero-order valence-electron chi connectivity index (χ0n) is 12.9. The lowest BCUT2D eigenvalue weighted by molar-refractivity contribution is 0.222. The minimum absolute atomic E-state index is 0.0308. The molecular formula is C16H18BrN5O. The molecule has 120 valence electrons. The second kappa shape index (κ2) is 6.64. The van der Waals surface area contributed by atoms with Gasteiger partial charge in [0.05, 0.1) is 6.04 Å². The van der Waals surface area contributed by atoms with Crippen LogP contribution in [0.25, 0.3) is 5.78 Å². The van der Waals surface area contributed by atoms with Gasteiger partial charge in [0.25, 0.3) is 5.78 Å². The monoisotopic (exact) mass is 375 g/mol. The van der Waals surface area contributed by atoms with Crippen molar-refractivity contribution in [2.75, 3.05) is 11.9 Å². The standard InChI is InChI=1S/C16H18BrN5O/c1-10(8-23)15(12-3-5-13(17)6-4-12)21-14-7-11(2)20-16-18-9-19-22(14)16/h3-7,9-10,15,21,23H,8H2,1-2H3. The lowest BCUT2D eigenvalue weighted by Crippen LogP contribution is -2.23. The fourth-order valence-corrected chi connectivity index (χ4v) is 2.79. The lowest BCUT2D eigenvalue weighted by atomic mass is 9.95. The number of aromatic nitrogens is 4. The van der Waals surface area contributed by atoms with Gasteiger partial charge in [-0.2, -0.15) is 14.6 Å². The SMILES string of the molecule is Cc1cc(NC(c2ccc(Br)cc2)C(C)CO)n2ncnc2n1. The van der Waals surface area contributed by atoms with Crippen molar-refractivity contribution in [1.82, 2.24) is 19.6 Å². The molecule has 0 aliphatic heterocycles. The molecule has 0 amide bonds. The van der Waals surface area contributed by atoms with Crippen LogP contribution in [0.1, 0.15) is 24.2 Å². The zero-order chi connectivity index (χ0) is 16.4. The number of nitrogens with one attached hydrogen (secondary N) is 1. The van der Waals surface area contributed by atoms with Crippen LogP contribution in [-0.4, -0.2) is 31.3 Å². The van der Waals surface area contributed by atoms with E-state index >= 15 is 0 Å². The van der Waals surface area contributed by atoms with Crippen LogP contribution in [0.4, 0.5) is 5.82 Å². The highest BCUT2D eigenvalue weighted by atomic mass is 79.9. The Morgan fingerprint density at radius 2 is 2.04 bits per heavy atom. The average molecular weight is 376 g/mol. The number of hydrogen-bond donors (Lipinski definition) is 2. The lowest BCUT2D eigenvalue weighted by Gasteiger charge is -2.25. The first-order chi connectivity index (χ1) is 11.1. The zero-order valence-corrected chi connectivity index (χ0v) is 14.5. The van der Waals surface area contributed by atoms with Crippen LogP contribution in [0.15, 0.2) is 41.1 Å². The molecule has 2 atom stereocenters. The highest BCUT2D eigenvalue weighted by molar-refractivity contribution is 9.10. The number of hydrogen-bond acceptors (Lipinski definition) is 5. The Hall–Kier alpha value is -1.99. The van der Waals surface area contributed by atoms with Crippen molar-refractivity contribution in [3.63, 3.8) is 0 Å². The number of anilines is 1. The van der Waals surface area contributed by atoms with Crippen molar-refractivity contribution in [2.45, 2.75) is 19.9 Å². The van der Waals surface area contributed by atoms with Gasteiger partial charge in [0, 0.05) is 28.8 Å². The Kier molecular flexibility index (Phi) is 4.58. The molecule has 0 radical (unpaired) electrons. The normalized spacial score (nSPS) is 13.9. The van der Waals surface area contributed by atoms with E-state index < -0.39 is 0 Å². The fourth-order valence-electron chi connectivity index (χ4n) is 2.52. The third-order valence-electron chi connectivity index (χ3n) is 3.77. The smallest absolute Gasteiger partial charge is 0.254 e. The van der Waals surface area contributed by atoms with E-state index in [4.69, 9.17) is 0 Å². The average Bonchev–Trinajstić information content (AvgIpc) is 3.01. The van der Waals surface area contributed by atoms with Gasteiger partial charge in [0.15, 0.2) is 0 Å². The second-order valence-corrected chi connectivity index (χ2v) is 6.50. The topological polar surface area (TPSA) is 75.3 Å². The first-order valence-electron chi connectivity index (χ1n) is 7.38. The van der Waals surface area contributed by atoms with E-state index in [0.717, 1.165) is 21.5 Å². The maximum Gasteiger partial charge on any atom is 0.254 e. The summed E-state index contributed by atoms with van der Waals surface area (Å²) in [5.41, 5.74) is 1.96.